The lowest BCUT2D eigenvalue weighted by Gasteiger charge is -2.24. The first-order valence-corrected chi connectivity index (χ1v) is 7.15. The van der Waals surface area contributed by atoms with Crippen molar-refractivity contribution in [2.75, 3.05) is 6.61 Å². The largest absolute Gasteiger partial charge is 0.462 e. The Morgan fingerprint density at radius 1 is 1.35 bits per heavy atom. The summed E-state index contributed by atoms with van der Waals surface area (Å²) >= 11 is 0. The second-order valence-corrected chi connectivity index (χ2v) is 5.39. The Bertz CT molecular complexity index is 559. The average molecular weight is 275 g/mol. The molecule has 1 N–H and O–H groups in total. The molecule has 0 aromatic carbocycles. The quantitative estimate of drug-likeness (QED) is 0.679. The summed E-state index contributed by atoms with van der Waals surface area (Å²) in [6, 6.07) is 2.99. The highest BCUT2D eigenvalue weighted by atomic mass is 16.5. The molecule has 20 heavy (non-hydrogen) atoms. The highest BCUT2D eigenvalue weighted by molar-refractivity contribution is 5.89. The van der Waals surface area contributed by atoms with Crippen molar-refractivity contribution in [2.45, 2.75) is 33.1 Å². The van der Waals surface area contributed by atoms with Crippen molar-refractivity contribution < 1.29 is 9.53 Å². The molecule has 1 aliphatic carbocycles. The zero-order valence-electron chi connectivity index (χ0n) is 12.0. The second-order valence-electron chi connectivity index (χ2n) is 5.39. The predicted molar refractivity (Wildman–Crippen MR) is 77.8 cm³/mol. The zero-order valence-corrected chi connectivity index (χ0v) is 12.0. The molecule has 1 heterocycles. The lowest BCUT2D eigenvalue weighted by atomic mass is 9.85. The summed E-state index contributed by atoms with van der Waals surface area (Å²) in [6.07, 6.45) is 6.98. The molecule has 4 heteroatoms. The molecular weight excluding hydrogens is 254 g/mol. The zero-order chi connectivity index (χ0) is 14.5. The van der Waals surface area contributed by atoms with Crippen molar-refractivity contribution in [1.82, 2.24) is 4.98 Å². The van der Waals surface area contributed by atoms with Gasteiger partial charge in [0.1, 0.15) is 0 Å². The number of aromatic nitrogens is 1. The van der Waals surface area contributed by atoms with E-state index in [1.165, 1.54) is 6.07 Å². The third-order valence-corrected chi connectivity index (χ3v) is 3.86. The monoisotopic (exact) mass is 275 g/mol. The normalized spacial score (nSPS) is 21.7. The number of esters is 1. The second kappa shape index (κ2) is 6.55. The van der Waals surface area contributed by atoms with E-state index in [9.17, 15) is 9.59 Å². The van der Waals surface area contributed by atoms with E-state index in [0.29, 0.717) is 30.4 Å². The summed E-state index contributed by atoms with van der Waals surface area (Å²) in [5, 5.41) is 0. The van der Waals surface area contributed by atoms with Gasteiger partial charge in [0.25, 0.3) is 0 Å². The Labute approximate surface area is 118 Å². The highest BCUT2D eigenvalue weighted by Gasteiger charge is 2.20. The van der Waals surface area contributed by atoms with Gasteiger partial charge in [-0.25, -0.2) is 4.79 Å². The number of carbonyl (C=O) groups is 1. The fourth-order valence-corrected chi connectivity index (χ4v) is 2.41. The third-order valence-electron chi connectivity index (χ3n) is 3.86. The maximum atomic E-state index is 12.0. The Hall–Kier alpha value is -1.84. The van der Waals surface area contributed by atoms with Gasteiger partial charge in [0.2, 0.25) is 5.56 Å². The molecule has 2 rings (SSSR count). The van der Waals surface area contributed by atoms with Gasteiger partial charge in [0.15, 0.2) is 0 Å². The topological polar surface area (TPSA) is 59.2 Å². The van der Waals surface area contributed by atoms with Gasteiger partial charge in [-0.15, -0.1) is 0 Å². The first-order valence-electron chi connectivity index (χ1n) is 7.15. The van der Waals surface area contributed by atoms with Gasteiger partial charge >= 0.3 is 5.97 Å². The maximum absolute atomic E-state index is 12.0. The lowest BCUT2D eigenvalue weighted by Crippen LogP contribution is -2.22. The first kappa shape index (κ1) is 14.6. The van der Waals surface area contributed by atoms with Crippen LogP contribution in [0.25, 0.3) is 0 Å². The molecule has 2 atom stereocenters. The van der Waals surface area contributed by atoms with E-state index in [1.807, 2.05) is 6.92 Å². The minimum atomic E-state index is -0.410. The summed E-state index contributed by atoms with van der Waals surface area (Å²) in [5.74, 6) is 0.488. The van der Waals surface area contributed by atoms with Gasteiger partial charge in [-0.2, -0.15) is 0 Å². The van der Waals surface area contributed by atoms with Crippen LogP contribution in [-0.4, -0.2) is 17.6 Å². The van der Waals surface area contributed by atoms with E-state index in [-0.39, 0.29) is 5.56 Å². The summed E-state index contributed by atoms with van der Waals surface area (Å²) in [4.78, 5) is 26.2. The number of aromatic amines is 1. The first-order chi connectivity index (χ1) is 9.60. The van der Waals surface area contributed by atoms with E-state index in [2.05, 4.69) is 24.1 Å². The van der Waals surface area contributed by atoms with Crippen molar-refractivity contribution in [2.24, 2.45) is 11.8 Å². The number of hydrogen-bond donors (Lipinski definition) is 1. The number of rotatable bonds is 4. The van der Waals surface area contributed by atoms with Gasteiger partial charge < -0.3 is 9.72 Å². The molecule has 0 saturated carbocycles. The standard InChI is InChI=1S/C16H21NO3/c1-3-14-8-13(9-15(18)17-14)16(19)20-10-12-7-5-4-6-11(12)2/h4-5,8-9,11-12H,3,6-7,10H2,1-2H3,(H,17,18)/t11-,12-/m0/s1. The van der Waals surface area contributed by atoms with E-state index in [4.69, 9.17) is 4.74 Å². The number of aryl methyl sites for hydroxylation is 1. The van der Waals surface area contributed by atoms with Crippen LogP contribution in [0.4, 0.5) is 0 Å². The molecule has 0 bridgehead atoms. The van der Waals surface area contributed by atoms with Crippen molar-refractivity contribution in [1.29, 1.82) is 0 Å². The van der Waals surface area contributed by atoms with Crippen LogP contribution >= 0.6 is 0 Å². The van der Waals surface area contributed by atoms with E-state index in [1.54, 1.807) is 6.07 Å². The van der Waals surface area contributed by atoms with E-state index >= 15 is 0 Å². The van der Waals surface area contributed by atoms with E-state index < -0.39 is 5.97 Å². The highest BCUT2D eigenvalue weighted by Crippen LogP contribution is 2.25. The number of H-pyrrole nitrogens is 1. The fraction of sp³-hybridized carbons (Fsp3) is 0.500. The van der Waals surface area contributed by atoms with Crippen molar-refractivity contribution in [3.05, 3.63) is 45.9 Å². The molecule has 0 saturated heterocycles. The van der Waals surface area contributed by atoms with Crippen LogP contribution < -0.4 is 5.56 Å². The number of allylic oxidation sites excluding steroid dienone is 2. The summed E-state index contributed by atoms with van der Waals surface area (Å²) in [6.45, 7) is 4.51. The molecule has 0 amide bonds. The molecular formula is C16H21NO3. The molecule has 4 nitrogen and oxygen atoms in total. The predicted octanol–water partition coefficient (Wildman–Crippen LogP) is 2.70. The minimum absolute atomic E-state index is 0.259. The van der Waals surface area contributed by atoms with Gasteiger partial charge in [-0.05, 0) is 37.2 Å². The molecule has 0 radical (unpaired) electrons. The van der Waals surface area contributed by atoms with Gasteiger partial charge in [0, 0.05) is 11.8 Å². The Kier molecular flexibility index (Phi) is 4.77. The fourth-order valence-electron chi connectivity index (χ4n) is 2.41. The summed E-state index contributed by atoms with van der Waals surface area (Å²) in [7, 11) is 0. The van der Waals surface area contributed by atoms with Gasteiger partial charge in [-0.1, -0.05) is 26.0 Å². The lowest BCUT2D eigenvalue weighted by molar-refractivity contribution is 0.0395. The number of hydrogen-bond acceptors (Lipinski definition) is 3. The Balaban J connectivity index is 2.00. The van der Waals surface area contributed by atoms with Crippen LogP contribution in [0.1, 0.15) is 42.7 Å². The minimum Gasteiger partial charge on any atom is -0.462 e. The molecule has 1 aromatic rings. The average Bonchev–Trinajstić information content (AvgIpc) is 2.45. The van der Waals surface area contributed by atoms with Crippen molar-refractivity contribution >= 4 is 5.97 Å². The Morgan fingerprint density at radius 3 is 2.80 bits per heavy atom. The smallest absolute Gasteiger partial charge is 0.338 e. The molecule has 0 fully saturated rings. The van der Waals surface area contributed by atoms with Crippen LogP contribution in [0.5, 0.6) is 0 Å². The van der Waals surface area contributed by atoms with Crippen LogP contribution in [0, 0.1) is 11.8 Å². The van der Waals surface area contributed by atoms with Gasteiger partial charge in [-0.3, -0.25) is 4.79 Å². The molecule has 0 spiro atoms. The molecule has 108 valence electrons. The van der Waals surface area contributed by atoms with Gasteiger partial charge in [0.05, 0.1) is 12.2 Å². The third kappa shape index (κ3) is 3.59. The SMILES string of the molecule is CCc1cc(C(=O)OC[C@@H]2CC=CC[C@@H]2C)cc(=O)[nH]1. The summed E-state index contributed by atoms with van der Waals surface area (Å²) < 4.78 is 5.37. The van der Waals surface area contributed by atoms with Crippen molar-refractivity contribution in [3.8, 4) is 0 Å². The Morgan fingerprint density at radius 2 is 2.10 bits per heavy atom. The van der Waals surface area contributed by atoms with Crippen LogP contribution in [-0.2, 0) is 11.2 Å². The molecule has 0 unspecified atom stereocenters. The number of pyridine rings is 1. The van der Waals surface area contributed by atoms with Crippen LogP contribution in [0.15, 0.2) is 29.1 Å². The van der Waals surface area contributed by atoms with E-state index in [0.717, 1.165) is 18.5 Å². The number of ether oxygens (including phenoxy) is 1. The van der Waals surface area contributed by atoms with Crippen LogP contribution in [0.2, 0.25) is 0 Å². The number of nitrogens with one attached hydrogen (secondary N) is 1. The summed E-state index contributed by atoms with van der Waals surface area (Å²) in [5.41, 5.74) is 0.827. The van der Waals surface area contributed by atoms with Crippen LogP contribution in [0.3, 0.4) is 0 Å². The number of carbonyl (C=O) groups excluding carboxylic acids is 1. The molecule has 0 aliphatic heterocycles. The molecule has 1 aliphatic rings. The maximum Gasteiger partial charge on any atom is 0.338 e. The molecule has 1 aromatic heterocycles. The van der Waals surface area contributed by atoms with Crippen molar-refractivity contribution in [3.63, 3.8) is 0 Å².